The van der Waals surface area contributed by atoms with E-state index in [4.69, 9.17) is 18.6 Å². The van der Waals surface area contributed by atoms with Crippen molar-refractivity contribution >= 4 is 0 Å². The Bertz CT molecular complexity index is 431. The van der Waals surface area contributed by atoms with Crippen molar-refractivity contribution in [1.82, 2.24) is 4.98 Å². The number of ether oxygens (including phenoxy) is 3. The average molecular weight is 221 g/mol. The lowest BCUT2D eigenvalue weighted by atomic mass is 10.3. The number of methoxy groups -OCH3 is 2. The Morgan fingerprint density at radius 2 is 1.62 bits per heavy atom. The highest BCUT2D eigenvalue weighted by molar-refractivity contribution is 5.42. The number of hydrogen-bond donors (Lipinski definition) is 0. The summed E-state index contributed by atoms with van der Waals surface area (Å²) in [7, 11) is 3.15. The Hall–Kier alpha value is -2.17. The molecule has 2 aromatic rings. The Balaban J connectivity index is 2.26. The summed E-state index contributed by atoms with van der Waals surface area (Å²) >= 11 is 0. The molecule has 84 valence electrons. The molecule has 0 atom stereocenters. The normalized spacial score (nSPS) is 9.88. The van der Waals surface area contributed by atoms with E-state index in [9.17, 15) is 0 Å². The second kappa shape index (κ2) is 4.57. The minimum absolute atomic E-state index is 0.315. The van der Waals surface area contributed by atoms with Gasteiger partial charge in [0.05, 0.1) is 14.2 Å². The fraction of sp³-hybridized carbons (Fsp3) is 0.182. The molecule has 0 amide bonds. The van der Waals surface area contributed by atoms with Gasteiger partial charge in [-0.05, 0) is 0 Å². The van der Waals surface area contributed by atoms with Gasteiger partial charge in [0.15, 0.2) is 6.39 Å². The van der Waals surface area contributed by atoms with E-state index >= 15 is 0 Å². The lowest BCUT2D eigenvalue weighted by Gasteiger charge is -2.07. The minimum Gasteiger partial charge on any atom is -0.496 e. The molecular weight excluding hydrogens is 210 g/mol. The van der Waals surface area contributed by atoms with E-state index in [0.29, 0.717) is 23.2 Å². The third kappa shape index (κ3) is 2.25. The van der Waals surface area contributed by atoms with Gasteiger partial charge in [-0.15, -0.1) is 0 Å². The fourth-order valence-electron chi connectivity index (χ4n) is 1.21. The summed E-state index contributed by atoms with van der Waals surface area (Å²) in [6, 6.07) is 5.21. The second-order valence-electron chi connectivity index (χ2n) is 2.97. The molecule has 5 nitrogen and oxygen atoms in total. The van der Waals surface area contributed by atoms with Gasteiger partial charge in [0.2, 0.25) is 0 Å². The van der Waals surface area contributed by atoms with Crippen molar-refractivity contribution in [3.63, 3.8) is 0 Å². The first-order valence-electron chi connectivity index (χ1n) is 4.61. The smallest absolute Gasteiger partial charge is 0.310 e. The molecule has 1 heterocycles. The molecule has 1 aromatic heterocycles. The van der Waals surface area contributed by atoms with Crippen LogP contribution in [0.1, 0.15) is 0 Å². The summed E-state index contributed by atoms with van der Waals surface area (Å²) in [6.07, 6.45) is 2.78. The number of benzene rings is 1. The molecule has 0 bridgehead atoms. The molecule has 16 heavy (non-hydrogen) atoms. The predicted molar refractivity (Wildman–Crippen MR) is 56.1 cm³/mol. The van der Waals surface area contributed by atoms with Crippen LogP contribution in [0.4, 0.5) is 0 Å². The highest BCUT2D eigenvalue weighted by atomic mass is 16.6. The van der Waals surface area contributed by atoms with Crippen LogP contribution in [-0.4, -0.2) is 19.2 Å². The Kier molecular flexibility index (Phi) is 2.95. The van der Waals surface area contributed by atoms with Crippen LogP contribution in [0.2, 0.25) is 0 Å². The van der Waals surface area contributed by atoms with Crippen molar-refractivity contribution in [3.05, 3.63) is 30.8 Å². The monoisotopic (exact) mass is 221 g/mol. The van der Waals surface area contributed by atoms with Crippen molar-refractivity contribution in [2.24, 2.45) is 0 Å². The van der Waals surface area contributed by atoms with Crippen LogP contribution in [0.25, 0.3) is 0 Å². The first-order valence-corrected chi connectivity index (χ1v) is 4.61. The summed E-state index contributed by atoms with van der Waals surface area (Å²) in [4.78, 5) is 3.75. The first-order chi connectivity index (χ1) is 7.81. The number of hydrogen-bond acceptors (Lipinski definition) is 5. The highest BCUT2D eigenvalue weighted by Gasteiger charge is 2.05. The van der Waals surface area contributed by atoms with Crippen LogP contribution in [0, 0.1) is 0 Å². The maximum Gasteiger partial charge on any atom is 0.310 e. The van der Waals surface area contributed by atoms with Gasteiger partial charge < -0.3 is 18.6 Å². The second-order valence-corrected chi connectivity index (χ2v) is 2.97. The summed E-state index contributed by atoms with van der Waals surface area (Å²) in [5.74, 6) is 2.17. The number of oxazole rings is 1. The molecule has 0 aliphatic heterocycles. The maximum absolute atomic E-state index is 5.41. The molecular formula is C11H11NO4. The Morgan fingerprint density at radius 1 is 1.00 bits per heavy atom. The number of aromatic nitrogens is 1. The Morgan fingerprint density at radius 3 is 2.12 bits per heavy atom. The van der Waals surface area contributed by atoms with Crippen molar-refractivity contribution in [2.75, 3.05) is 14.2 Å². The molecule has 0 fully saturated rings. The van der Waals surface area contributed by atoms with Crippen molar-refractivity contribution < 1.29 is 18.6 Å². The van der Waals surface area contributed by atoms with Crippen molar-refractivity contribution in [3.8, 4) is 23.2 Å². The summed E-state index contributed by atoms with van der Waals surface area (Å²) in [5, 5.41) is 0. The highest BCUT2D eigenvalue weighted by Crippen LogP contribution is 2.30. The van der Waals surface area contributed by atoms with Crippen molar-refractivity contribution in [2.45, 2.75) is 0 Å². The van der Waals surface area contributed by atoms with Gasteiger partial charge in [-0.25, -0.2) is 4.98 Å². The number of nitrogens with zero attached hydrogens (tertiary/aromatic N) is 1. The van der Waals surface area contributed by atoms with Gasteiger partial charge in [0, 0.05) is 18.2 Å². The van der Waals surface area contributed by atoms with Gasteiger partial charge in [0.25, 0.3) is 0 Å². The molecule has 0 saturated heterocycles. The van der Waals surface area contributed by atoms with E-state index in [2.05, 4.69) is 4.98 Å². The van der Waals surface area contributed by atoms with Gasteiger partial charge >= 0.3 is 5.95 Å². The summed E-state index contributed by atoms with van der Waals surface area (Å²) in [5.41, 5.74) is 0. The minimum atomic E-state index is 0.315. The molecule has 0 aliphatic carbocycles. The topological polar surface area (TPSA) is 53.7 Å². The lowest BCUT2D eigenvalue weighted by molar-refractivity contribution is 0.338. The fourth-order valence-corrected chi connectivity index (χ4v) is 1.21. The van der Waals surface area contributed by atoms with E-state index in [-0.39, 0.29) is 0 Å². The summed E-state index contributed by atoms with van der Waals surface area (Å²) < 4.78 is 20.6. The van der Waals surface area contributed by atoms with Gasteiger partial charge in [-0.2, -0.15) is 0 Å². The molecule has 0 unspecified atom stereocenters. The standard InChI is InChI=1S/C11H11NO4/c1-13-8-3-9(14-2)5-10(4-8)16-11-6-12-7-15-11/h3-7H,1-2H3. The molecule has 1 aromatic carbocycles. The van der Waals surface area contributed by atoms with Crippen LogP contribution >= 0.6 is 0 Å². The zero-order chi connectivity index (χ0) is 11.4. The number of rotatable bonds is 4. The maximum atomic E-state index is 5.41. The molecule has 5 heteroatoms. The van der Waals surface area contributed by atoms with Crippen LogP contribution in [0.5, 0.6) is 23.2 Å². The van der Waals surface area contributed by atoms with Crippen LogP contribution in [0.3, 0.4) is 0 Å². The van der Waals surface area contributed by atoms with E-state index in [1.54, 1.807) is 32.4 Å². The third-order valence-corrected chi connectivity index (χ3v) is 1.95. The van der Waals surface area contributed by atoms with E-state index < -0.39 is 0 Å². The lowest BCUT2D eigenvalue weighted by Crippen LogP contribution is -1.89. The Labute approximate surface area is 92.6 Å². The first kappa shape index (κ1) is 10.4. The quantitative estimate of drug-likeness (QED) is 0.793. The van der Waals surface area contributed by atoms with Crippen LogP contribution in [0.15, 0.2) is 35.2 Å². The van der Waals surface area contributed by atoms with Crippen LogP contribution in [-0.2, 0) is 0 Å². The molecule has 0 radical (unpaired) electrons. The summed E-state index contributed by atoms with van der Waals surface area (Å²) in [6.45, 7) is 0. The van der Waals surface area contributed by atoms with E-state index in [0.717, 1.165) is 0 Å². The zero-order valence-electron chi connectivity index (χ0n) is 8.97. The van der Waals surface area contributed by atoms with Gasteiger partial charge in [-0.1, -0.05) is 0 Å². The molecule has 0 spiro atoms. The third-order valence-electron chi connectivity index (χ3n) is 1.95. The largest absolute Gasteiger partial charge is 0.496 e. The molecule has 0 aliphatic rings. The van der Waals surface area contributed by atoms with E-state index in [1.165, 1.54) is 12.6 Å². The zero-order valence-corrected chi connectivity index (χ0v) is 8.97. The van der Waals surface area contributed by atoms with Gasteiger partial charge in [-0.3, -0.25) is 0 Å². The van der Waals surface area contributed by atoms with Crippen LogP contribution < -0.4 is 14.2 Å². The SMILES string of the molecule is COc1cc(OC)cc(Oc2cnco2)c1. The van der Waals surface area contributed by atoms with Crippen molar-refractivity contribution in [1.29, 1.82) is 0 Å². The predicted octanol–water partition coefficient (Wildman–Crippen LogP) is 2.48. The van der Waals surface area contributed by atoms with Gasteiger partial charge in [0.1, 0.15) is 23.4 Å². The average Bonchev–Trinajstić information content (AvgIpc) is 2.81. The molecule has 0 N–H and O–H groups in total. The molecule has 0 saturated carbocycles. The molecule has 2 rings (SSSR count). The van der Waals surface area contributed by atoms with E-state index in [1.807, 2.05) is 0 Å².